The summed E-state index contributed by atoms with van der Waals surface area (Å²) in [7, 11) is 3.48. The van der Waals surface area contributed by atoms with Gasteiger partial charge in [-0.3, -0.25) is 4.79 Å². The van der Waals surface area contributed by atoms with Crippen molar-refractivity contribution in [1.29, 1.82) is 0 Å². The molecule has 2 N–H and O–H groups in total. The summed E-state index contributed by atoms with van der Waals surface area (Å²) in [5, 5.41) is 6.46. The average molecular weight is 308 g/mol. The molecule has 1 fully saturated rings. The molecular weight excluding hydrogens is 276 g/mol. The van der Waals surface area contributed by atoms with Crippen LogP contribution in [0.3, 0.4) is 0 Å². The van der Waals surface area contributed by atoms with Gasteiger partial charge in [-0.15, -0.1) is 6.58 Å². The van der Waals surface area contributed by atoms with Gasteiger partial charge in [0.2, 0.25) is 5.91 Å². The van der Waals surface area contributed by atoms with Gasteiger partial charge in [-0.25, -0.2) is 4.99 Å². The van der Waals surface area contributed by atoms with Gasteiger partial charge in [-0.1, -0.05) is 38.2 Å². The van der Waals surface area contributed by atoms with Gasteiger partial charge >= 0.3 is 0 Å². The minimum absolute atomic E-state index is 0.00177. The van der Waals surface area contributed by atoms with Crippen molar-refractivity contribution in [2.45, 2.75) is 44.9 Å². The number of guanidine groups is 1. The molecule has 0 saturated heterocycles. The van der Waals surface area contributed by atoms with Gasteiger partial charge in [0.15, 0.2) is 5.96 Å². The van der Waals surface area contributed by atoms with Gasteiger partial charge < -0.3 is 15.5 Å². The number of carbonyl (C=O) groups excluding carboxylic acids is 1. The smallest absolute Gasteiger partial charge is 0.243 e. The fourth-order valence-corrected chi connectivity index (χ4v) is 2.70. The van der Waals surface area contributed by atoms with Gasteiger partial charge in [-0.2, -0.15) is 0 Å². The van der Waals surface area contributed by atoms with Crippen LogP contribution in [0.5, 0.6) is 0 Å². The van der Waals surface area contributed by atoms with E-state index >= 15 is 0 Å². The predicted molar refractivity (Wildman–Crippen MR) is 93.0 cm³/mol. The minimum Gasteiger partial charge on any atom is -0.356 e. The number of nitrogens with one attached hydrogen (secondary N) is 2. The minimum atomic E-state index is 0.00177. The summed E-state index contributed by atoms with van der Waals surface area (Å²) in [4.78, 5) is 17.5. The molecular formula is C17H32N4O. The first-order chi connectivity index (χ1) is 10.6. The second-order valence-corrected chi connectivity index (χ2v) is 6.20. The summed E-state index contributed by atoms with van der Waals surface area (Å²) < 4.78 is 0. The Kier molecular flexibility index (Phi) is 9.35. The van der Waals surface area contributed by atoms with Crippen molar-refractivity contribution in [2.75, 3.05) is 33.7 Å². The molecule has 5 nitrogen and oxygen atoms in total. The second-order valence-electron chi connectivity index (χ2n) is 6.20. The highest BCUT2D eigenvalue weighted by Gasteiger charge is 2.12. The Labute approximate surface area is 135 Å². The fraction of sp³-hybridized carbons (Fsp3) is 0.765. The Bertz CT molecular complexity index is 360. The summed E-state index contributed by atoms with van der Waals surface area (Å²) in [6.45, 7) is 5.40. The standard InChI is InChI=1S/C17H32N4O/c1-4-12-18-17(20-14-16(22)21(2)3)19-13-8-11-15-9-6-5-7-10-15/h4,15H,1,5-14H2,2-3H3,(H2,18,19,20). The number of nitrogens with zero attached hydrogens (tertiary/aromatic N) is 2. The van der Waals surface area contributed by atoms with Crippen LogP contribution in [0.4, 0.5) is 0 Å². The second kappa shape index (κ2) is 11.1. The Morgan fingerprint density at radius 2 is 2.00 bits per heavy atom. The van der Waals surface area contributed by atoms with E-state index in [4.69, 9.17) is 0 Å². The van der Waals surface area contributed by atoms with Crippen molar-refractivity contribution in [2.24, 2.45) is 10.9 Å². The van der Waals surface area contributed by atoms with E-state index in [1.165, 1.54) is 38.5 Å². The maximum atomic E-state index is 11.6. The quantitative estimate of drug-likeness (QED) is 0.313. The fourth-order valence-electron chi connectivity index (χ4n) is 2.70. The Morgan fingerprint density at radius 1 is 1.27 bits per heavy atom. The van der Waals surface area contributed by atoms with E-state index in [-0.39, 0.29) is 12.5 Å². The molecule has 0 radical (unpaired) electrons. The molecule has 0 aromatic rings. The molecule has 22 heavy (non-hydrogen) atoms. The van der Waals surface area contributed by atoms with Crippen LogP contribution in [0.2, 0.25) is 0 Å². The molecule has 0 aromatic heterocycles. The maximum absolute atomic E-state index is 11.6. The third kappa shape index (κ3) is 8.05. The third-order valence-corrected chi connectivity index (χ3v) is 4.09. The van der Waals surface area contributed by atoms with E-state index in [1.807, 2.05) is 0 Å². The van der Waals surface area contributed by atoms with Crippen molar-refractivity contribution >= 4 is 11.9 Å². The lowest BCUT2D eigenvalue weighted by Crippen LogP contribution is -2.39. The van der Waals surface area contributed by atoms with Crippen molar-refractivity contribution in [3.05, 3.63) is 12.7 Å². The SMILES string of the molecule is C=CCNC(=NCC(=O)N(C)C)NCCCC1CCCCC1. The lowest BCUT2D eigenvalue weighted by atomic mass is 9.86. The molecule has 0 unspecified atom stereocenters. The highest BCUT2D eigenvalue weighted by atomic mass is 16.2. The molecule has 0 heterocycles. The first-order valence-electron chi connectivity index (χ1n) is 8.46. The van der Waals surface area contributed by atoms with Gasteiger partial charge in [0.25, 0.3) is 0 Å². The lowest BCUT2D eigenvalue weighted by molar-refractivity contribution is -0.127. The number of amides is 1. The summed E-state index contributed by atoms with van der Waals surface area (Å²) in [6.07, 6.45) is 11.2. The highest BCUT2D eigenvalue weighted by Crippen LogP contribution is 2.26. The van der Waals surface area contributed by atoms with E-state index in [1.54, 1.807) is 25.1 Å². The summed E-state index contributed by atoms with van der Waals surface area (Å²) in [5.74, 6) is 1.60. The van der Waals surface area contributed by atoms with E-state index in [0.29, 0.717) is 12.5 Å². The van der Waals surface area contributed by atoms with E-state index < -0.39 is 0 Å². The Morgan fingerprint density at radius 3 is 2.64 bits per heavy atom. The largest absolute Gasteiger partial charge is 0.356 e. The molecule has 0 bridgehead atoms. The molecule has 1 aliphatic rings. The number of hydrogen-bond donors (Lipinski definition) is 2. The van der Waals surface area contributed by atoms with Crippen molar-refractivity contribution in [3.8, 4) is 0 Å². The number of carbonyl (C=O) groups is 1. The topological polar surface area (TPSA) is 56.7 Å². The molecule has 0 atom stereocenters. The van der Waals surface area contributed by atoms with Gasteiger partial charge in [0, 0.05) is 27.2 Å². The zero-order valence-corrected chi connectivity index (χ0v) is 14.2. The Balaban J connectivity index is 2.28. The molecule has 126 valence electrons. The van der Waals surface area contributed by atoms with Crippen LogP contribution in [-0.2, 0) is 4.79 Å². The number of hydrogen-bond acceptors (Lipinski definition) is 2. The van der Waals surface area contributed by atoms with Crippen LogP contribution in [0.1, 0.15) is 44.9 Å². The molecule has 0 aromatic carbocycles. The van der Waals surface area contributed by atoms with Crippen LogP contribution < -0.4 is 10.6 Å². The highest BCUT2D eigenvalue weighted by molar-refractivity contribution is 5.84. The molecule has 1 aliphatic carbocycles. The van der Waals surface area contributed by atoms with Crippen LogP contribution in [0.15, 0.2) is 17.6 Å². The third-order valence-electron chi connectivity index (χ3n) is 4.09. The predicted octanol–water partition coefficient (Wildman–Crippen LogP) is 2.16. The van der Waals surface area contributed by atoms with Crippen LogP contribution in [0, 0.1) is 5.92 Å². The zero-order chi connectivity index (χ0) is 16.2. The molecule has 0 spiro atoms. The normalized spacial score (nSPS) is 16.2. The number of rotatable bonds is 8. The van der Waals surface area contributed by atoms with Crippen molar-refractivity contribution in [3.63, 3.8) is 0 Å². The van der Waals surface area contributed by atoms with Crippen LogP contribution in [-0.4, -0.2) is 50.5 Å². The first kappa shape index (κ1) is 18.5. The zero-order valence-electron chi connectivity index (χ0n) is 14.2. The molecule has 1 amide bonds. The van der Waals surface area contributed by atoms with Crippen LogP contribution >= 0.6 is 0 Å². The van der Waals surface area contributed by atoms with Crippen molar-refractivity contribution < 1.29 is 4.79 Å². The van der Waals surface area contributed by atoms with Gasteiger partial charge in [0.05, 0.1) is 0 Å². The first-order valence-corrected chi connectivity index (χ1v) is 8.46. The summed E-state index contributed by atoms with van der Waals surface area (Å²) in [6, 6.07) is 0. The number of aliphatic imine (C=N–C) groups is 1. The summed E-state index contributed by atoms with van der Waals surface area (Å²) >= 11 is 0. The monoisotopic (exact) mass is 308 g/mol. The lowest BCUT2D eigenvalue weighted by Gasteiger charge is -2.21. The van der Waals surface area contributed by atoms with E-state index in [0.717, 1.165) is 18.9 Å². The van der Waals surface area contributed by atoms with E-state index in [9.17, 15) is 4.79 Å². The molecule has 0 aliphatic heterocycles. The Hall–Kier alpha value is -1.52. The van der Waals surface area contributed by atoms with Crippen molar-refractivity contribution in [1.82, 2.24) is 15.5 Å². The summed E-state index contributed by atoms with van der Waals surface area (Å²) in [5.41, 5.74) is 0. The van der Waals surface area contributed by atoms with E-state index in [2.05, 4.69) is 22.2 Å². The maximum Gasteiger partial charge on any atom is 0.243 e. The van der Waals surface area contributed by atoms with Crippen LogP contribution in [0.25, 0.3) is 0 Å². The molecule has 1 rings (SSSR count). The molecule has 1 saturated carbocycles. The average Bonchev–Trinajstić information content (AvgIpc) is 2.53. The van der Waals surface area contributed by atoms with Gasteiger partial charge in [0.1, 0.15) is 6.54 Å². The molecule has 5 heteroatoms. The number of likely N-dealkylation sites (N-methyl/N-ethyl adjacent to an activating group) is 1. The van der Waals surface area contributed by atoms with Gasteiger partial charge in [-0.05, 0) is 18.8 Å².